The van der Waals surface area contributed by atoms with E-state index >= 15 is 0 Å². The fourth-order valence-corrected chi connectivity index (χ4v) is 5.02. The van der Waals surface area contributed by atoms with Gasteiger partial charge in [0.1, 0.15) is 29.7 Å². The lowest BCUT2D eigenvalue weighted by molar-refractivity contribution is -0.347. The molecule has 4 rings (SSSR count). The van der Waals surface area contributed by atoms with Crippen molar-refractivity contribution in [1.82, 2.24) is 0 Å². The summed E-state index contributed by atoms with van der Waals surface area (Å²) in [5, 5.41) is 61.6. The van der Waals surface area contributed by atoms with Gasteiger partial charge in [-0.25, -0.2) is 4.79 Å². The average Bonchev–Trinajstić information content (AvgIpc) is 3.11. The lowest BCUT2D eigenvalue weighted by Gasteiger charge is -2.45. The maximum absolute atomic E-state index is 12.5. The minimum absolute atomic E-state index is 0.0469. The molecular weight excluding hydrogens is 492 g/mol. The molecule has 0 spiro atoms. The Labute approximate surface area is 212 Å². The Kier molecular flexibility index (Phi) is 7.99. The highest BCUT2D eigenvalue weighted by Crippen LogP contribution is 2.49. The second kappa shape index (κ2) is 10.9. The largest absolute Gasteiger partial charge is 0.508 e. The Morgan fingerprint density at radius 1 is 1.16 bits per heavy atom. The third-order valence-corrected chi connectivity index (χ3v) is 7.14. The van der Waals surface area contributed by atoms with Crippen molar-refractivity contribution in [3.63, 3.8) is 0 Å². The summed E-state index contributed by atoms with van der Waals surface area (Å²) in [7, 11) is 0. The van der Waals surface area contributed by atoms with Gasteiger partial charge in [0.05, 0.1) is 30.5 Å². The normalized spacial score (nSPS) is 39.5. The molecule has 0 radical (unpaired) electrons. The van der Waals surface area contributed by atoms with Crippen LogP contribution in [0.25, 0.3) is 6.08 Å². The van der Waals surface area contributed by atoms with Gasteiger partial charge < -0.3 is 49.6 Å². The Morgan fingerprint density at radius 3 is 2.51 bits per heavy atom. The highest BCUT2D eigenvalue weighted by atomic mass is 16.8. The topological polar surface area (TPSA) is 192 Å². The summed E-state index contributed by atoms with van der Waals surface area (Å²) < 4.78 is 22.3. The van der Waals surface area contributed by atoms with Gasteiger partial charge in [-0.05, 0) is 29.7 Å². The van der Waals surface area contributed by atoms with Gasteiger partial charge in [0.25, 0.3) is 0 Å². The standard InChI is InChI=1S/C25H30O12/c1-12-16(29)8-25(33)14(9-26)11-34-23(19(12)25)37-24-22(21(32)20(31)17(10-27)35-24)36-18(30)7-4-13-2-5-15(28)6-3-13/h2-7,9,11-12,16-17,19-24,27-29,31-33H,8,10H2,1H3. The smallest absolute Gasteiger partial charge is 0.331 e. The first-order chi connectivity index (χ1) is 17.6. The summed E-state index contributed by atoms with van der Waals surface area (Å²) in [6.07, 6.45) is -6.30. The molecule has 202 valence electrons. The number of fused-ring (bicyclic) bond motifs is 1. The molecule has 2 heterocycles. The first-order valence-electron chi connectivity index (χ1n) is 11.8. The van der Waals surface area contributed by atoms with Crippen molar-refractivity contribution in [1.29, 1.82) is 0 Å². The van der Waals surface area contributed by atoms with Crippen molar-refractivity contribution in [2.24, 2.45) is 11.8 Å². The predicted octanol–water partition coefficient (Wildman–Crippen LogP) is -1.04. The van der Waals surface area contributed by atoms with Gasteiger partial charge in [0, 0.05) is 12.5 Å². The highest BCUT2D eigenvalue weighted by Gasteiger charge is 2.60. The van der Waals surface area contributed by atoms with Crippen molar-refractivity contribution in [2.75, 3.05) is 6.61 Å². The Bertz CT molecular complexity index is 1040. The van der Waals surface area contributed by atoms with Crippen LogP contribution in [-0.2, 0) is 28.5 Å². The van der Waals surface area contributed by atoms with Gasteiger partial charge in [-0.3, -0.25) is 4.79 Å². The minimum Gasteiger partial charge on any atom is -0.508 e. The van der Waals surface area contributed by atoms with Crippen LogP contribution in [-0.4, -0.2) is 98.2 Å². The number of carbonyl (C=O) groups excluding carboxylic acids is 2. The lowest BCUT2D eigenvalue weighted by Crippen LogP contribution is -2.62. The quantitative estimate of drug-likeness (QED) is 0.145. The molecule has 10 atom stereocenters. The number of phenolic OH excluding ortho intramolecular Hbond substituents is 1. The van der Waals surface area contributed by atoms with E-state index in [1.807, 2.05) is 0 Å². The number of aliphatic hydroxyl groups is 5. The number of hydrogen-bond donors (Lipinski definition) is 6. The number of ether oxygens (including phenoxy) is 4. The molecule has 1 aromatic carbocycles. The van der Waals surface area contributed by atoms with Crippen LogP contribution in [0.15, 0.2) is 42.2 Å². The third-order valence-electron chi connectivity index (χ3n) is 7.14. The van der Waals surface area contributed by atoms with Crippen molar-refractivity contribution in [2.45, 2.75) is 62.0 Å². The van der Waals surface area contributed by atoms with Gasteiger partial charge in [0.2, 0.25) is 12.6 Å². The van der Waals surface area contributed by atoms with Gasteiger partial charge in [-0.2, -0.15) is 0 Å². The van der Waals surface area contributed by atoms with Crippen LogP contribution >= 0.6 is 0 Å². The third kappa shape index (κ3) is 5.27. The number of benzene rings is 1. The molecule has 2 fully saturated rings. The van der Waals surface area contributed by atoms with E-state index in [1.54, 1.807) is 19.1 Å². The molecule has 12 heteroatoms. The van der Waals surface area contributed by atoms with Gasteiger partial charge in [-0.15, -0.1) is 0 Å². The number of aliphatic hydroxyl groups excluding tert-OH is 4. The molecule has 1 aromatic rings. The van der Waals surface area contributed by atoms with E-state index < -0.39 is 73.1 Å². The Hall–Kier alpha value is -2.84. The van der Waals surface area contributed by atoms with E-state index in [-0.39, 0.29) is 17.7 Å². The number of hydrogen-bond acceptors (Lipinski definition) is 12. The SMILES string of the molecule is CC1C(O)CC2(O)C(C=O)=COC(OC3OC(CO)C(O)C(O)C3OC(=O)C=Cc3ccc(O)cc3)C12. The Morgan fingerprint density at radius 2 is 1.86 bits per heavy atom. The second-order valence-corrected chi connectivity index (χ2v) is 9.45. The molecule has 1 aliphatic carbocycles. The zero-order valence-electron chi connectivity index (χ0n) is 19.9. The average molecular weight is 523 g/mol. The van der Waals surface area contributed by atoms with Crippen LogP contribution in [0.2, 0.25) is 0 Å². The molecule has 0 amide bonds. The van der Waals surface area contributed by atoms with Gasteiger partial charge in [0.15, 0.2) is 12.4 Å². The molecule has 37 heavy (non-hydrogen) atoms. The fraction of sp³-hybridized carbons (Fsp3) is 0.520. The molecule has 10 unspecified atom stereocenters. The fourth-order valence-electron chi connectivity index (χ4n) is 5.02. The number of aromatic hydroxyl groups is 1. The second-order valence-electron chi connectivity index (χ2n) is 9.45. The lowest BCUT2D eigenvalue weighted by atomic mass is 9.79. The summed E-state index contributed by atoms with van der Waals surface area (Å²) >= 11 is 0. The zero-order chi connectivity index (χ0) is 26.9. The molecule has 1 saturated heterocycles. The van der Waals surface area contributed by atoms with Gasteiger partial charge in [-0.1, -0.05) is 19.1 Å². The van der Waals surface area contributed by atoms with Gasteiger partial charge >= 0.3 is 5.97 Å². The maximum Gasteiger partial charge on any atom is 0.331 e. The first kappa shape index (κ1) is 27.2. The Balaban J connectivity index is 1.55. The van der Waals surface area contributed by atoms with E-state index in [0.717, 1.165) is 12.3 Å². The molecule has 12 nitrogen and oxygen atoms in total. The van der Waals surface area contributed by atoms with Crippen LogP contribution in [0, 0.1) is 11.8 Å². The molecule has 0 bridgehead atoms. The first-order valence-corrected chi connectivity index (χ1v) is 11.8. The van der Waals surface area contributed by atoms with Crippen molar-refractivity contribution >= 4 is 18.3 Å². The van der Waals surface area contributed by atoms with Crippen molar-refractivity contribution in [3.8, 4) is 5.75 Å². The number of rotatable bonds is 7. The molecule has 2 aliphatic heterocycles. The summed E-state index contributed by atoms with van der Waals surface area (Å²) in [4.78, 5) is 24.1. The molecule has 0 aromatic heterocycles. The maximum atomic E-state index is 12.5. The van der Waals surface area contributed by atoms with Crippen LogP contribution in [0.5, 0.6) is 5.75 Å². The van der Waals surface area contributed by atoms with Crippen LogP contribution < -0.4 is 0 Å². The predicted molar refractivity (Wildman–Crippen MR) is 123 cm³/mol. The van der Waals surface area contributed by atoms with E-state index in [0.29, 0.717) is 11.8 Å². The summed E-state index contributed by atoms with van der Waals surface area (Å²) in [5.74, 6) is -2.39. The molecule has 3 aliphatic rings. The summed E-state index contributed by atoms with van der Waals surface area (Å²) in [6, 6.07) is 5.96. The highest BCUT2D eigenvalue weighted by molar-refractivity contribution is 5.87. The monoisotopic (exact) mass is 522 g/mol. The number of phenols is 1. The summed E-state index contributed by atoms with van der Waals surface area (Å²) in [5.41, 5.74) is -1.26. The number of aldehydes is 1. The van der Waals surface area contributed by atoms with E-state index in [1.165, 1.54) is 18.2 Å². The number of carbonyl (C=O) groups is 2. The van der Waals surface area contributed by atoms with Crippen molar-refractivity contribution < 1.29 is 59.2 Å². The molecule has 1 saturated carbocycles. The number of esters is 1. The summed E-state index contributed by atoms with van der Waals surface area (Å²) in [6.45, 7) is 0.950. The zero-order valence-corrected chi connectivity index (χ0v) is 19.9. The molecule has 6 N–H and O–H groups in total. The minimum atomic E-state index is -1.76. The van der Waals surface area contributed by atoms with E-state index in [2.05, 4.69) is 0 Å². The van der Waals surface area contributed by atoms with Crippen LogP contribution in [0.1, 0.15) is 18.9 Å². The molecular formula is C25H30O12. The van der Waals surface area contributed by atoms with Crippen molar-refractivity contribution in [3.05, 3.63) is 47.7 Å². The van der Waals surface area contributed by atoms with Crippen LogP contribution in [0.4, 0.5) is 0 Å². The van der Waals surface area contributed by atoms with E-state index in [9.17, 15) is 40.2 Å². The van der Waals surface area contributed by atoms with E-state index in [4.69, 9.17) is 18.9 Å². The van der Waals surface area contributed by atoms with Crippen LogP contribution in [0.3, 0.4) is 0 Å².